The third-order valence-corrected chi connectivity index (χ3v) is 3.42. The molecule has 3 rings (SSSR count). The van der Waals surface area contributed by atoms with E-state index in [0.717, 1.165) is 17.7 Å². The Morgan fingerprint density at radius 2 is 2.16 bits per heavy atom. The molecule has 1 aromatic heterocycles. The van der Waals surface area contributed by atoms with Crippen LogP contribution in [0.25, 0.3) is 0 Å². The summed E-state index contributed by atoms with van der Waals surface area (Å²) in [7, 11) is 0. The Labute approximate surface area is 115 Å². The monoisotopic (exact) mass is 273 g/mol. The molecule has 96 valence electrons. The Balaban J connectivity index is 1.95. The van der Waals surface area contributed by atoms with Crippen molar-refractivity contribution in [3.05, 3.63) is 52.8 Å². The highest BCUT2D eigenvalue weighted by molar-refractivity contribution is 6.30. The number of anilines is 2. The number of nitrogens with two attached hydrogens (primary N) is 1. The first-order valence-corrected chi connectivity index (χ1v) is 6.35. The van der Waals surface area contributed by atoms with Gasteiger partial charge in [0.1, 0.15) is 5.69 Å². The highest BCUT2D eigenvalue weighted by Gasteiger charge is 2.26. The summed E-state index contributed by atoms with van der Waals surface area (Å²) in [5, 5.41) is 0.516. The first-order valence-electron chi connectivity index (χ1n) is 5.97. The molecule has 0 bridgehead atoms. The van der Waals surface area contributed by atoms with Crippen molar-refractivity contribution >= 4 is 28.9 Å². The summed E-state index contributed by atoms with van der Waals surface area (Å²) in [5.74, 6) is -0.124. The molecule has 5 heteroatoms. The van der Waals surface area contributed by atoms with Crippen molar-refractivity contribution in [2.24, 2.45) is 0 Å². The minimum atomic E-state index is -0.124. The summed E-state index contributed by atoms with van der Waals surface area (Å²) in [6.07, 6.45) is 2.32. The molecule has 0 fully saturated rings. The number of carbonyl (C=O) groups excluding carboxylic acids is 1. The van der Waals surface area contributed by atoms with Crippen molar-refractivity contribution < 1.29 is 4.79 Å². The maximum absolute atomic E-state index is 12.4. The zero-order chi connectivity index (χ0) is 13.4. The SMILES string of the molecule is Nc1ccc2c(c1)N(C(=O)c1ccc(Cl)cn1)CC2. The van der Waals surface area contributed by atoms with Crippen molar-refractivity contribution in [2.75, 3.05) is 17.2 Å². The summed E-state index contributed by atoms with van der Waals surface area (Å²) in [4.78, 5) is 18.2. The van der Waals surface area contributed by atoms with E-state index in [1.165, 1.54) is 6.20 Å². The molecule has 4 nitrogen and oxygen atoms in total. The minimum absolute atomic E-state index is 0.124. The van der Waals surface area contributed by atoms with Gasteiger partial charge in [-0.25, -0.2) is 4.98 Å². The molecular weight excluding hydrogens is 262 g/mol. The first-order chi connectivity index (χ1) is 9.15. The summed E-state index contributed by atoms with van der Waals surface area (Å²) >= 11 is 5.77. The first kappa shape index (κ1) is 12.0. The number of halogens is 1. The molecule has 0 radical (unpaired) electrons. The molecule has 2 aromatic rings. The molecule has 1 amide bonds. The third-order valence-electron chi connectivity index (χ3n) is 3.20. The standard InChI is InChI=1S/C14H12ClN3O/c15-10-2-4-12(17-8-10)14(19)18-6-5-9-1-3-11(16)7-13(9)18/h1-4,7-8H,5-6,16H2. The van der Waals surface area contributed by atoms with Gasteiger partial charge in [0.05, 0.1) is 5.02 Å². The quantitative estimate of drug-likeness (QED) is 0.812. The number of aromatic nitrogens is 1. The third kappa shape index (κ3) is 2.15. The van der Waals surface area contributed by atoms with Crippen LogP contribution in [0, 0.1) is 0 Å². The van der Waals surface area contributed by atoms with Gasteiger partial charge < -0.3 is 10.6 Å². The Morgan fingerprint density at radius 1 is 1.32 bits per heavy atom. The van der Waals surface area contributed by atoms with E-state index < -0.39 is 0 Å². The fraction of sp³-hybridized carbons (Fsp3) is 0.143. The second-order valence-corrected chi connectivity index (χ2v) is 4.89. The number of pyridine rings is 1. The highest BCUT2D eigenvalue weighted by Crippen LogP contribution is 2.30. The van der Waals surface area contributed by atoms with Crippen molar-refractivity contribution in [3.63, 3.8) is 0 Å². The molecule has 1 aromatic carbocycles. The Kier molecular flexibility index (Phi) is 2.87. The number of carbonyl (C=O) groups is 1. The number of nitrogen functional groups attached to an aromatic ring is 1. The largest absolute Gasteiger partial charge is 0.399 e. The number of rotatable bonds is 1. The number of amides is 1. The van der Waals surface area contributed by atoms with E-state index in [4.69, 9.17) is 17.3 Å². The molecule has 0 saturated carbocycles. The second-order valence-electron chi connectivity index (χ2n) is 4.46. The van der Waals surface area contributed by atoms with Crippen molar-refractivity contribution in [1.29, 1.82) is 0 Å². The normalized spacial score (nSPS) is 13.4. The van der Waals surface area contributed by atoms with Gasteiger partial charge in [-0.1, -0.05) is 17.7 Å². The predicted octanol–water partition coefficient (Wildman–Crippen LogP) is 2.52. The van der Waals surface area contributed by atoms with Crippen LogP contribution < -0.4 is 10.6 Å². The van der Waals surface area contributed by atoms with Gasteiger partial charge in [0.2, 0.25) is 0 Å². The van der Waals surface area contributed by atoms with Crippen LogP contribution in [-0.4, -0.2) is 17.4 Å². The van der Waals surface area contributed by atoms with Crippen molar-refractivity contribution in [2.45, 2.75) is 6.42 Å². The van der Waals surface area contributed by atoms with Crippen LogP contribution in [0.3, 0.4) is 0 Å². The predicted molar refractivity (Wildman–Crippen MR) is 75.5 cm³/mol. The summed E-state index contributed by atoms with van der Waals surface area (Å²) in [6.45, 7) is 0.655. The van der Waals surface area contributed by atoms with E-state index in [9.17, 15) is 4.79 Å². The van der Waals surface area contributed by atoms with Crippen LogP contribution >= 0.6 is 11.6 Å². The average molecular weight is 274 g/mol. The van der Waals surface area contributed by atoms with Gasteiger partial charge >= 0.3 is 0 Å². The van der Waals surface area contributed by atoms with Gasteiger partial charge in [0.25, 0.3) is 5.91 Å². The lowest BCUT2D eigenvalue weighted by Gasteiger charge is -2.17. The molecule has 0 saturated heterocycles. The van der Waals surface area contributed by atoms with Crippen LogP contribution in [0.1, 0.15) is 16.1 Å². The van der Waals surface area contributed by atoms with Gasteiger partial charge in [0, 0.05) is 24.1 Å². The number of fused-ring (bicyclic) bond motifs is 1. The lowest BCUT2D eigenvalue weighted by molar-refractivity contribution is 0.0984. The lowest BCUT2D eigenvalue weighted by atomic mass is 10.1. The number of hydrogen-bond donors (Lipinski definition) is 1. The number of nitrogens with zero attached hydrogens (tertiary/aromatic N) is 2. The van der Waals surface area contributed by atoms with Crippen LogP contribution in [0.5, 0.6) is 0 Å². The van der Waals surface area contributed by atoms with Crippen LogP contribution in [0.2, 0.25) is 5.02 Å². The smallest absolute Gasteiger partial charge is 0.276 e. The summed E-state index contributed by atoms with van der Waals surface area (Å²) < 4.78 is 0. The van der Waals surface area contributed by atoms with Crippen LogP contribution in [-0.2, 0) is 6.42 Å². The van der Waals surface area contributed by atoms with Gasteiger partial charge in [-0.3, -0.25) is 4.79 Å². The van der Waals surface area contributed by atoms with E-state index in [-0.39, 0.29) is 5.91 Å². The molecule has 19 heavy (non-hydrogen) atoms. The lowest BCUT2D eigenvalue weighted by Crippen LogP contribution is -2.29. The van der Waals surface area contributed by atoms with E-state index in [1.54, 1.807) is 17.0 Å². The molecule has 0 aliphatic carbocycles. The molecule has 0 atom stereocenters. The van der Waals surface area contributed by atoms with Crippen LogP contribution in [0.4, 0.5) is 11.4 Å². The zero-order valence-electron chi connectivity index (χ0n) is 10.1. The van der Waals surface area contributed by atoms with Gasteiger partial charge in [-0.2, -0.15) is 0 Å². The summed E-state index contributed by atoms with van der Waals surface area (Å²) in [6, 6.07) is 8.95. The van der Waals surface area contributed by atoms with Gasteiger partial charge in [-0.15, -0.1) is 0 Å². The van der Waals surface area contributed by atoms with E-state index in [1.807, 2.05) is 18.2 Å². The van der Waals surface area contributed by atoms with Gasteiger partial charge in [0.15, 0.2) is 0 Å². The summed E-state index contributed by atoms with van der Waals surface area (Å²) in [5.41, 5.74) is 8.84. The van der Waals surface area contributed by atoms with Gasteiger partial charge in [-0.05, 0) is 36.2 Å². The van der Waals surface area contributed by atoms with E-state index >= 15 is 0 Å². The Morgan fingerprint density at radius 3 is 2.89 bits per heavy atom. The maximum atomic E-state index is 12.4. The molecular formula is C14H12ClN3O. The molecule has 0 spiro atoms. The Bertz CT molecular complexity index is 640. The van der Waals surface area contributed by atoms with Crippen molar-refractivity contribution in [3.8, 4) is 0 Å². The Hall–Kier alpha value is -2.07. The fourth-order valence-corrected chi connectivity index (χ4v) is 2.36. The molecule has 1 aliphatic heterocycles. The number of benzene rings is 1. The topological polar surface area (TPSA) is 59.2 Å². The van der Waals surface area contributed by atoms with Crippen molar-refractivity contribution in [1.82, 2.24) is 4.98 Å². The zero-order valence-corrected chi connectivity index (χ0v) is 10.9. The molecule has 0 unspecified atom stereocenters. The minimum Gasteiger partial charge on any atom is -0.399 e. The number of hydrogen-bond acceptors (Lipinski definition) is 3. The fourth-order valence-electron chi connectivity index (χ4n) is 2.25. The maximum Gasteiger partial charge on any atom is 0.276 e. The van der Waals surface area contributed by atoms with E-state index in [2.05, 4.69) is 4.98 Å². The second kappa shape index (κ2) is 4.55. The molecule has 2 heterocycles. The van der Waals surface area contributed by atoms with E-state index in [0.29, 0.717) is 22.9 Å². The molecule has 2 N–H and O–H groups in total. The highest BCUT2D eigenvalue weighted by atomic mass is 35.5. The molecule has 1 aliphatic rings. The average Bonchev–Trinajstić information content (AvgIpc) is 2.81. The van der Waals surface area contributed by atoms with Crippen LogP contribution in [0.15, 0.2) is 36.5 Å².